The van der Waals surface area contributed by atoms with E-state index >= 15 is 0 Å². The molecule has 1 aliphatic rings. The summed E-state index contributed by atoms with van der Waals surface area (Å²) in [7, 11) is 0. The van der Waals surface area contributed by atoms with Crippen LogP contribution >= 0.6 is 27.5 Å². The Balaban J connectivity index is 2.65. The predicted molar refractivity (Wildman–Crippen MR) is 39.5 cm³/mol. The molecule has 0 radical (unpaired) electrons. The standard InChI is InChI=1S/C5H5BrClN/c6-4-1-2-5(7)8-3-4/h3H,1-2H2. The highest BCUT2D eigenvalue weighted by Gasteiger charge is 2.00. The average molecular weight is 194 g/mol. The number of allylic oxidation sites excluding steroid dienone is 1. The van der Waals surface area contributed by atoms with Crippen LogP contribution in [-0.2, 0) is 0 Å². The largest absolute Gasteiger partial charge is 0.248 e. The fraction of sp³-hybridized carbons (Fsp3) is 0.400. The van der Waals surface area contributed by atoms with Crippen molar-refractivity contribution in [3.63, 3.8) is 0 Å². The van der Waals surface area contributed by atoms with Gasteiger partial charge in [-0.25, -0.2) is 4.99 Å². The molecule has 0 atom stereocenters. The highest BCUT2D eigenvalue weighted by Crippen LogP contribution is 2.18. The van der Waals surface area contributed by atoms with Crippen molar-refractivity contribution >= 4 is 32.7 Å². The van der Waals surface area contributed by atoms with Gasteiger partial charge in [0.25, 0.3) is 0 Å². The summed E-state index contributed by atoms with van der Waals surface area (Å²) in [5.41, 5.74) is 0. The third-order valence-corrected chi connectivity index (χ3v) is 1.80. The molecule has 0 spiro atoms. The van der Waals surface area contributed by atoms with Crippen LogP contribution in [0.15, 0.2) is 15.7 Å². The summed E-state index contributed by atoms with van der Waals surface area (Å²) in [5.74, 6) is 0. The Kier molecular flexibility index (Phi) is 2.08. The lowest BCUT2D eigenvalue weighted by Gasteiger charge is -2.01. The van der Waals surface area contributed by atoms with Crippen LogP contribution in [0.25, 0.3) is 0 Å². The van der Waals surface area contributed by atoms with Crippen LogP contribution < -0.4 is 0 Å². The van der Waals surface area contributed by atoms with E-state index in [4.69, 9.17) is 11.6 Å². The molecular weight excluding hydrogens is 189 g/mol. The Hall–Kier alpha value is 0.180. The van der Waals surface area contributed by atoms with Crippen LogP contribution in [0.4, 0.5) is 0 Å². The minimum atomic E-state index is 0.702. The molecule has 1 aliphatic heterocycles. The molecule has 0 aromatic carbocycles. The maximum atomic E-state index is 5.57. The zero-order valence-corrected chi connectivity index (χ0v) is 6.54. The summed E-state index contributed by atoms with van der Waals surface area (Å²) in [6.07, 6.45) is 3.60. The van der Waals surface area contributed by atoms with Crippen LogP contribution in [0.1, 0.15) is 12.8 Å². The van der Waals surface area contributed by atoms with Crippen LogP contribution in [0.3, 0.4) is 0 Å². The highest BCUT2D eigenvalue weighted by molar-refractivity contribution is 9.11. The monoisotopic (exact) mass is 193 g/mol. The molecule has 0 aromatic rings. The first-order valence-corrected chi connectivity index (χ1v) is 3.53. The van der Waals surface area contributed by atoms with E-state index in [1.165, 1.54) is 0 Å². The van der Waals surface area contributed by atoms with Crippen molar-refractivity contribution < 1.29 is 0 Å². The minimum Gasteiger partial charge on any atom is -0.248 e. The normalized spacial score (nSPS) is 19.8. The van der Waals surface area contributed by atoms with Crippen molar-refractivity contribution in [2.75, 3.05) is 0 Å². The van der Waals surface area contributed by atoms with Gasteiger partial charge in [0.1, 0.15) is 5.17 Å². The molecule has 1 nitrogen and oxygen atoms in total. The van der Waals surface area contributed by atoms with Crippen LogP contribution in [0, 0.1) is 0 Å². The Morgan fingerprint density at radius 1 is 1.62 bits per heavy atom. The topological polar surface area (TPSA) is 12.4 Å². The molecule has 1 rings (SSSR count). The van der Waals surface area contributed by atoms with Gasteiger partial charge in [-0.05, 0) is 6.42 Å². The lowest BCUT2D eigenvalue weighted by molar-refractivity contribution is 1.06. The van der Waals surface area contributed by atoms with Gasteiger partial charge >= 0.3 is 0 Å². The lowest BCUT2D eigenvalue weighted by Crippen LogP contribution is -1.90. The first-order chi connectivity index (χ1) is 3.79. The van der Waals surface area contributed by atoms with Crippen molar-refractivity contribution in [2.45, 2.75) is 12.8 Å². The van der Waals surface area contributed by atoms with E-state index in [1.807, 2.05) is 0 Å². The molecule has 0 saturated heterocycles. The zero-order chi connectivity index (χ0) is 5.98. The Morgan fingerprint density at radius 2 is 2.38 bits per heavy atom. The Labute approximate surface area is 61.6 Å². The van der Waals surface area contributed by atoms with Gasteiger partial charge in [-0.15, -0.1) is 0 Å². The van der Waals surface area contributed by atoms with E-state index in [9.17, 15) is 0 Å². The number of hydrogen-bond donors (Lipinski definition) is 0. The molecule has 0 bridgehead atoms. The molecular formula is C5H5BrClN. The molecule has 0 aromatic heterocycles. The average Bonchev–Trinajstić information content (AvgIpc) is 1.77. The smallest absolute Gasteiger partial charge is 0.106 e. The molecule has 0 fully saturated rings. The van der Waals surface area contributed by atoms with Gasteiger partial charge in [0.05, 0.1) is 0 Å². The molecule has 0 unspecified atom stereocenters. The van der Waals surface area contributed by atoms with Gasteiger partial charge in [0, 0.05) is 17.1 Å². The molecule has 1 heterocycles. The predicted octanol–water partition coefficient (Wildman–Crippen LogP) is 2.65. The van der Waals surface area contributed by atoms with Crippen molar-refractivity contribution in [1.29, 1.82) is 0 Å². The summed E-state index contributed by atoms with van der Waals surface area (Å²) < 4.78 is 1.13. The number of hydrogen-bond acceptors (Lipinski definition) is 1. The minimum absolute atomic E-state index is 0.702. The summed E-state index contributed by atoms with van der Waals surface area (Å²) in [5, 5.41) is 0.702. The zero-order valence-electron chi connectivity index (χ0n) is 4.19. The molecule has 0 aliphatic carbocycles. The third-order valence-electron chi connectivity index (χ3n) is 0.915. The molecule has 8 heavy (non-hydrogen) atoms. The second-order valence-corrected chi connectivity index (χ2v) is 3.04. The quantitative estimate of drug-likeness (QED) is 0.562. The summed E-state index contributed by atoms with van der Waals surface area (Å²) in [4.78, 5) is 3.88. The van der Waals surface area contributed by atoms with Gasteiger partial charge in [-0.3, -0.25) is 0 Å². The van der Waals surface area contributed by atoms with Crippen molar-refractivity contribution in [1.82, 2.24) is 0 Å². The molecule has 3 heteroatoms. The second kappa shape index (κ2) is 2.65. The Morgan fingerprint density at radius 3 is 2.75 bits per heavy atom. The van der Waals surface area contributed by atoms with E-state index in [-0.39, 0.29) is 0 Å². The number of nitrogens with zero attached hydrogens (tertiary/aromatic N) is 1. The fourth-order valence-corrected chi connectivity index (χ4v) is 0.936. The van der Waals surface area contributed by atoms with E-state index < -0.39 is 0 Å². The lowest BCUT2D eigenvalue weighted by atomic mass is 10.3. The number of aliphatic imine (C=N–C) groups is 1. The van der Waals surface area contributed by atoms with Gasteiger partial charge in [0.15, 0.2) is 0 Å². The first kappa shape index (κ1) is 6.30. The van der Waals surface area contributed by atoms with E-state index in [0.717, 1.165) is 17.3 Å². The van der Waals surface area contributed by atoms with Gasteiger partial charge in [0.2, 0.25) is 0 Å². The summed E-state index contributed by atoms with van der Waals surface area (Å²) in [6, 6.07) is 0. The highest BCUT2D eigenvalue weighted by atomic mass is 79.9. The van der Waals surface area contributed by atoms with Crippen molar-refractivity contribution in [3.05, 3.63) is 10.7 Å². The maximum absolute atomic E-state index is 5.57. The molecule has 0 saturated carbocycles. The van der Waals surface area contributed by atoms with Crippen LogP contribution in [0.2, 0.25) is 0 Å². The SMILES string of the molecule is ClC1=NC=C(Br)CC1. The van der Waals surface area contributed by atoms with Gasteiger partial charge < -0.3 is 0 Å². The van der Waals surface area contributed by atoms with Gasteiger partial charge in [-0.2, -0.15) is 0 Å². The molecule has 44 valence electrons. The summed E-state index contributed by atoms with van der Waals surface area (Å²) in [6.45, 7) is 0. The number of rotatable bonds is 0. The van der Waals surface area contributed by atoms with Crippen molar-refractivity contribution in [2.24, 2.45) is 4.99 Å². The first-order valence-electron chi connectivity index (χ1n) is 2.36. The summed E-state index contributed by atoms with van der Waals surface area (Å²) >= 11 is 8.88. The third kappa shape index (κ3) is 1.60. The van der Waals surface area contributed by atoms with Crippen molar-refractivity contribution in [3.8, 4) is 0 Å². The Bertz CT molecular complexity index is 133. The van der Waals surface area contributed by atoms with Crippen LogP contribution in [-0.4, -0.2) is 5.17 Å². The van der Waals surface area contributed by atoms with E-state index in [0.29, 0.717) is 5.17 Å². The second-order valence-electron chi connectivity index (χ2n) is 1.58. The maximum Gasteiger partial charge on any atom is 0.106 e. The molecule has 0 amide bonds. The number of halogens is 2. The van der Waals surface area contributed by atoms with Crippen LogP contribution in [0.5, 0.6) is 0 Å². The van der Waals surface area contributed by atoms with Gasteiger partial charge in [-0.1, -0.05) is 27.5 Å². The fourth-order valence-electron chi connectivity index (χ4n) is 0.492. The molecule has 0 N–H and O–H groups in total. The van der Waals surface area contributed by atoms with E-state index in [1.54, 1.807) is 6.20 Å². The van der Waals surface area contributed by atoms with E-state index in [2.05, 4.69) is 20.9 Å².